The summed E-state index contributed by atoms with van der Waals surface area (Å²) < 4.78 is 6.02. The zero-order chi connectivity index (χ0) is 14.7. The van der Waals surface area contributed by atoms with Gasteiger partial charge in [0.2, 0.25) is 0 Å². The van der Waals surface area contributed by atoms with Gasteiger partial charge in [0.05, 0.1) is 6.10 Å². The van der Waals surface area contributed by atoms with Gasteiger partial charge in [0.25, 0.3) is 0 Å². The molecule has 1 N–H and O–H groups in total. The molecule has 0 bridgehead atoms. The summed E-state index contributed by atoms with van der Waals surface area (Å²) in [6, 6.07) is 18.6. The molecule has 1 aliphatic carbocycles. The summed E-state index contributed by atoms with van der Waals surface area (Å²) in [5.74, 6) is 1.32. The molecule has 3 unspecified atom stereocenters. The first-order valence-corrected chi connectivity index (χ1v) is 7.69. The first-order chi connectivity index (χ1) is 10.2. The van der Waals surface area contributed by atoms with Gasteiger partial charge in [-0.25, -0.2) is 0 Å². The van der Waals surface area contributed by atoms with Gasteiger partial charge in [-0.2, -0.15) is 0 Å². The van der Waals surface area contributed by atoms with E-state index in [9.17, 15) is 5.11 Å². The minimum atomic E-state index is -0.369. The molecule has 1 saturated carbocycles. The van der Waals surface area contributed by atoms with Gasteiger partial charge >= 0.3 is 0 Å². The Balaban J connectivity index is 1.70. The van der Waals surface area contributed by atoms with Crippen molar-refractivity contribution in [2.45, 2.75) is 44.3 Å². The number of rotatable bonds is 3. The lowest BCUT2D eigenvalue weighted by Crippen LogP contribution is -2.37. The molecule has 0 spiro atoms. The maximum atomic E-state index is 10.2. The molecule has 2 nitrogen and oxygen atoms in total. The van der Waals surface area contributed by atoms with Crippen LogP contribution in [0.1, 0.15) is 36.3 Å². The largest absolute Gasteiger partial charge is 0.488 e. The van der Waals surface area contributed by atoms with E-state index in [0.717, 1.165) is 25.0 Å². The van der Waals surface area contributed by atoms with Crippen LogP contribution in [0.25, 0.3) is 0 Å². The zero-order valence-electron chi connectivity index (χ0n) is 12.4. The molecule has 0 radical (unpaired) electrons. The third kappa shape index (κ3) is 3.45. The fraction of sp³-hybridized carbons (Fsp3) is 0.368. The van der Waals surface area contributed by atoms with E-state index in [2.05, 4.69) is 31.2 Å². The molecule has 3 rings (SSSR count). The molecule has 2 heteroatoms. The lowest BCUT2D eigenvalue weighted by Gasteiger charge is -2.33. The summed E-state index contributed by atoms with van der Waals surface area (Å²) in [6.45, 7) is 2.06. The second kappa shape index (κ2) is 6.31. The minimum absolute atomic E-state index is 0.119. The number of hydrogen-bond donors (Lipinski definition) is 1. The van der Waals surface area contributed by atoms with E-state index in [4.69, 9.17) is 4.74 Å². The van der Waals surface area contributed by atoms with Crippen LogP contribution >= 0.6 is 0 Å². The first kappa shape index (κ1) is 14.2. The Labute approximate surface area is 126 Å². The number of ether oxygens (including phenoxy) is 1. The fourth-order valence-corrected chi connectivity index (χ4v) is 3.06. The van der Waals surface area contributed by atoms with Gasteiger partial charge in [0.1, 0.15) is 11.9 Å². The smallest absolute Gasteiger partial charge is 0.125 e. The van der Waals surface area contributed by atoms with Crippen LogP contribution in [0.2, 0.25) is 0 Å². The summed E-state index contributed by atoms with van der Waals surface area (Å²) in [5, 5.41) is 10.2. The van der Waals surface area contributed by atoms with Crippen LogP contribution in [0.3, 0.4) is 0 Å². The van der Waals surface area contributed by atoms with E-state index in [-0.39, 0.29) is 12.2 Å². The first-order valence-electron chi connectivity index (χ1n) is 7.69. The van der Waals surface area contributed by atoms with E-state index < -0.39 is 0 Å². The Hall–Kier alpha value is -1.80. The van der Waals surface area contributed by atoms with Crippen LogP contribution in [0.4, 0.5) is 0 Å². The van der Waals surface area contributed by atoms with Crippen molar-refractivity contribution in [3.8, 4) is 5.75 Å². The topological polar surface area (TPSA) is 29.5 Å². The summed E-state index contributed by atoms with van der Waals surface area (Å²) in [4.78, 5) is 0. The zero-order valence-corrected chi connectivity index (χ0v) is 12.4. The van der Waals surface area contributed by atoms with Crippen molar-refractivity contribution in [2.75, 3.05) is 0 Å². The summed E-state index contributed by atoms with van der Waals surface area (Å²) >= 11 is 0. The third-order valence-electron chi connectivity index (χ3n) is 4.34. The van der Waals surface area contributed by atoms with Crippen molar-refractivity contribution in [3.05, 3.63) is 65.7 Å². The predicted octanol–water partition coefficient (Wildman–Crippen LogP) is 4.07. The molecular formula is C19H22O2. The Morgan fingerprint density at radius 3 is 2.38 bits per heavy atom. The van der Waals surface area contributed by atoms with Gasteiger partial charge < -0.3 is 9.84 Å². The van der Waals surface area contributed by atoms with Crippen molar-refractivity contribution in [2.24, 2.45) is 0 Å². The van der Waals surface area contributed by atoms with Gasteiger partial charge in [-0.05, 0) is 49.8 Å². The van der Waals surface area contributed by atoms with Gasteiger partial charge in [-0.3, -0.25) is 0 Å². The number of aliphatic hydroxyl groups excluding tert-OH is 1. The van der Waals surface area contributed by atoms with E-state index in [1.807, 2.05) is 30.3 Å². The van der Waals surface area contributed by atoms with Crippen molar-refractivity contribution in [1.29, 1.82) is 0 Å². The average molecular weight is 282 g/mol. The summed E-state index contributed by atoms with van der Waals surface area (Å²) in [7, 11) is 0. The molecule has 2 aromatic carbocycles. The van der Waals surface area contributed by atoms with Gasteiger partial charge in [0, 0.05) is 0 Å². The maximum Gasteiger partial charge on any atom is 0.125 e. The molecule has 3 atom stereocenters. The molecular weight excluding hydrogens is 260 g/mol. The van der Waals surface area contributed by atoms with Crippen LogP contribution in [0, 0.1) is 6.92 Å². The molecule has 0 heterocycles. The molecule has 0 amide bonds. The minimum Gasteiger partial charge on any atom is -0.488 e. The molecule has 1 aliphatic rings. The Bertz CT molecular complexity index is 562. The maximum absolute atomic E-state index is 10.2. The van der Waals surface area contributed by atoms with Gasteiger partial charge in [-0.15, -0.1) is 0 Å². The predicted molar refractivity (Wildman–Crippen MR) is 84.6 cm³/mol. The van der Waals surface area contributed by atoms with Crippen LogP contribution < -0.4 is 4.74 Å². The Morgan fingerprint density at radius 2 is 1.67 bits per heavy atom. The third-order valence-corrected chi connectivity index (χ3v) is 4.34. The molecule has 21 heavy (non-hydrogen) atoms. The highest BCUT2D eigenvalue weighted by atomic mass is 16.5. The quantitative estimate of drug-likeness (QED) is 0.919. The molecule has 0 aromatic heterocycles. The van der Waals surface area contributed by atoms with Crippen LogP contribution in [0.5, 0.6) is 5.75 Å². The van der Waals surface area contributed by atoms with Crippen LogP contribution in [0.15, 0.2) is 54.6 Å². The molecule has 0 saturated heterocycles. The summed E-state index contributed by atoms with van der Waals surface area (Å²) in [5.41, 5.74) is 2.57. The standard InChI is InChI=1S/C19H22O2/c1-14-7-10-17(11-8-14)21-19-13-16(9-12-18(19)20)15-5-3-2-4-6-15/h2-8,10-11,16,18-20H,9,12-13H2,1H3. The monoisotopic (exact) mass is 282 g/mol. The number of benzene rings is 2. The number of hydrogen-bond acceptors (Lipinski definition) is 2. The normalized spacial score (nSPS) is 25.5. The van der Waals surface area contributed by atoms with Crippen molar-refractivity contribution < 1.29 is 9.84 Å². The Morgan fingerprint density at radius 1 is 0.952 bits per heavy atom. The highest BCUT2D eigenvalue weighted by molar-refractivity contribution is 5.27. The number of aliphatic hydroxyl groups is 1. The molecule has 110 valence electrons. The lowest BCUT2D eigenvalue weighted by atomic mass is 9.81. The van der Waals surface area contributed by atoms with Crippen molar-refractivity contribution >= 4 is 0 Å². The van der Waals surface area contributed by atoms with Crippen LogP contribution in [-0.2, 0) is 0 Å². The number of aryl methyl sites for hydroxylation is 1. The van der Waals surface area contributed by atoms with E-state index >= 15 is 0 Å². The van der Waals surface area contributed by atoms with Gasteiger partial charge in [0.15, 0.2) is 0 Å². The van der Waals surface area contributed by atoms with E-state index in [1.165, 1.54) is 11.1 Å². The SMILES string of the molecule is Cc1ccc(OC2CC(c3ccccc3)CCC2O)cc1. The van der Waals surface area contributed by atoms with Crippen molar-refractivity contribution in [3.63, 3.8) is 0 Å². The van der Waals surface area contributed by atoms with Gasteiger partial charge in [-0.1, -0.05) is 48.0 Å². The highest BCUT2D eigenvalue weighted by Crippen LogP contribution is 2.34. The van der Waals surface area contributed by atoms with Crippen LogP contribution in [-0.4, -0.2) is 17.3 Å². The van der Waals surface area contributed by atoms with Crippen molar-refractivity contribution in [1.82, 2.24) is 0 Å². The second-order valence-corrected chi connectivity index (χ2v) is 5.96. The molecule has 0 aliphatic heterocycles. The molecule has 1 fully saturated rings. The second-order valence-electron chi connectivity index (χ2n) is 5.96. The van der Waals surface area contributed by atoms with E-state index in [1.54, 1.807) is 0 Å². The highest BCUT2D eigenvalue weighted by Gasteiger charge is 2.31. The lowest BCUT2D eigenvalue weighted by molar-refractivity contribution is 0.000406. The fourth-order valence-electron chi connectivity index (χ4n) is 3.06. The Kier molecular flexibility index (Phi) is 4.26. The summed E-state index contributed by atoms with van der Waals surface area (Å²) in [6.07, 6.45) is 2.21. The average Bonchev–Trinajstić information content (AvgIpc) is 2.52. The molecule has 2 aromatic rings. The van der Waals surface area contributed by atoms with E-state index in [0.29, 0.717) is 5.92 Å².